The SMILES string of the molecule is COP(=O)(OC)OCC(F)(F)C(F)C(F)(F)F. The van der Waals surface area contributed by atoms with Crippen molar-refractivity contribution >= 4 is 7.82 Å². The maximum atomic E-state index is 12.7. The van der Waals surface area contributed by atoms with Crippen molar-refractivity contribution < 1.29 is 44.5 Å². The molecule has 17 heavy (non-hydrogen) atoms. The van der Waals surface area contributed by atoms with Gasteiger partial charge in [-0.05, 0) is 0 Å². The molecule has 0 aromatic carbocycles. The van der Waals surface area contributed by atoms with Gasteiger partial charge < -0.3 is 0 Å². The molecule has 4 nitrogen and oxygen atoms in total. The Morgan fingerprint density at radius 3 is 1.82 bits per heavy atom. The monoisotopic (exact) mass is 290 g/mol. The van der Waals surface area contributed by atoms with Gasteiger partial charge in [-0.2, -0.15) is 13.2 Å². The fourth-order valence-electron chi connectivity index (χ4n) is 0.658. The lowest BCUT2D eigenvalue weighted by Crippen LogP contribution is -2.44. The number of phosphoric ester groups is 1. The predicted octanol–water partition coefficient (Wildman–Crippen LogP) is 2.94. The van der Waals surface area contributed by atoms with Crippen LogP contribution in [0.1, 0.15) is 0 Å². The Kier molecular flexibility index (Phi) is 5.45. The minimum atomic E-state index is -5.75. The first-order chi connectivity index (χ1) is 7.48. The Balaban J connectivity index is 4.62. The van der Waals surface area contributed by atoms with Crippen LogP contribution in [0.3, 0.4) is 0 Å². The van der Waals surface area contributed by atoms with E-state index in [9.17, 15) is 30.9 Å². The van der Waals surface area contributed by atoms with Crippen LogP contribution in [0.15, 0.2) is 0 Å². The third-order valence-corrected chi connectivity index (χ3v) is 2.86. The highest BCUT2D eigenvalue weighted by atomic mass is 31.2. The Morgan fingerprint density at radius 2 is 1.53 bits per heavy atom. The van der Waals surface area contributed by atoms with Gasteiger partial charge in [-0.3, -0.25) is 13.6 Å². The maximum Gasteiger partial charge on any atom is 0.474 e. The summed E-state index contributed by atoms with van der Waals surface area (Å²) >= 11 is 0. The summed E-state index contributed by atoms with van der Waals surface area (Å²) in [6.45, 7) is -2.09. The number of phosphoric acid groups is 1. The Hall–Kier alpha value is -0.310. The van der Waals surface area contributed by atoms with Crippen molar-refractivity contribution in [1.29, 1.82) is 0 Å². The smallest absolute Gasteiger partial charge is 0.290 e. The number of alkyl halides is 6. The molecule has 0 aromatic rings. The van der Waals surface area contributed by atoms with Gasteiger partial charge >= 0.3 is 19.9 Å². The summed E-state index contributed by atoms with van der Waals surface area (Å²) in [5.74, 6) is -4.90. The molecule has 0 fully saturated rings. The molecule has 0 aliphatic heterocycles. The highest BCUT2D eigenvalue weighted by Gasteiger charge is 2.57. The van der Waals surface area contributed by atoms with Gasteiger partial charge in [0, 0.05) is 14.2 Å². The van der Waals surface area contributed by atoms with E-state index < -0.39 is 32.7 Å². The number of hydrogen-bond acceptors (Lipinski definition) is 4. The van der Waals surface area contributed by atoms with Gasteiger partial charge in [0.2, 0.25) is 0 Å². The van der Waals surface area contributed by atoms with E-state index in [1.165, 1.54) is 0 Å². The first-order valence-corrected chi connectivity index (χ1v) is 5.39. The van der Waals surface area contributed by atoms with Crippen molar-refractivity contribution in [2.45, 2.75) is 18.3 Å². The van der Waals surface area contributed by atoms with Crippen LogP contribution in [0, 0.1) is 0 Å². The largest absolute Gasteiger partial charge is 0.474 e. The average molecular weight is 290 g/mol. The zero-order chi connectivity index (χ0) is 13.9. The van der Waals surface area contributed by atoms with Crippen molar-refractivity contribution in [2.24, 2.45) is 0 Å². The highest BCUT2D eigenvalue weighted by molar-refractivity contribution is 7.48. The minimum absolute atomic E-state index is 0.763. The van der Waals surface area contributed by atoms with Crippen molar-refractivity contribution in [2.75, 3.05) is 20.8 Å². The van der Waals surface area contributed by atoms with Crippen molar-refractivity contribution in [3.63, 3.8) is 0 Å². The van der Waals surface area contributed by atoms with Gasteiger partial charge in [-0.15, -0.1) is 0 Å². The molecule has 0 spiro atoms. The number of hydrogen-bond donors (Lipinski definition) is 0. The summed E-state index contributed by atoms with van der Waals surface area (Å²) < 4.78 is 95.7. The van der Waals surface area contributed by atoms with Crippen LogP contribution in [0.4, 0.5) is 26.3 Å². The van der Waals surface area contributed by atoms with E-state index in [-0.39, 0.29) is 0 Å². The third kappa shape index (κ3) is 4.82. The molecule has 0 amide bonds. The van der Waals surface area contributed by atoms with Crippen molar-refractivity contribution in [3.05, 3.63) is 0 Å². The highest BCUT2D eigenvalue weighted by Crippen LogP contribution is 2.49. The summed E-state index contributed by atoms with van der Waals surface area (Å²) in [7, 11) is -2.86. The van der Waals surface area contributed by atoms with E-state index >= 15 is 0 Å². The molecule has 11 heteroatoms. The second-order valence-electron chi connectivity index (χ2n) is 2.75. The summed E-state index contributed by atoms with van der Waals surface area (Å²) in [6, 6.07) is 0. The standard InChI is InChI=1S/C6H9F6O4P/c1-14-17(13,15-2)16-3-5(8,9)4(7)6(10,11)12/h4H,3H2,1-2H3. The van der Waals surface area contributed by atoms with Crippen LogP contribution in [0.2, 0.25) is 0 Å². The second kappa shape index (κ2) is 5.55. The van der Waals surface area contributed by atoms with E-state index in [4.69, 9.17) is 0 Å². The van der Waals surface area contributed by atoms with E-state index in [2.05, 4.69) is 13.6 Å². The molecule has 0 radical (unpaired) electrons. The topological polar surface area (TPSA) is 44.8 Å². The molecule has 0 heterocycles. The van der Waals surface area contributed by atoms with Crippen molar-refractivity contribution in [1.82, 2.24) is 0 Å². The minimum Gasteiger partial charge on any atom is -0.290 e. The average Bonchev–Trinajstić information content (AvgIpc) is 2.24. The first kappa shape index (κ1) is 16.7. The summed E-state index contributed by atoms with van der Waals surface area (Å²) in [5, 5.41) is 0. The van der Waals surface area contributed by atoms with Crippen LogP contribution in [0.5, 0.6) is 0 Å². The predicted molar refractivity (Wildman–Crippen MR) is 43.5 cm³/mol. The van der Waals surface area contributed by atoms with E-state index in [1.54, 1.807) is 0 Å². The van der Waals surface area contributed by atoms with E-state index in [1.807, 2.05) is 0 Å². The van der Waals surface area contributed by atoms with Gasteiger partial charge in [-0.1, -0.05) is 0 Å². The van der Waals surface area contributed by atoms with Gasteiger partial charge in [-0.25, -0.2) is 17.7 Å². The molecular weight excluding hydrogens is 281 g/mol. The maximum absolute atomic E-state index is 12.7. The van der Waals surface area contributed by atoms with E-state index in [0.717, 1.165) is 14.2 Å². The van der Waals surface area contributed by atoms with Crippen LogP contribution < -0.4 is 0 Å². The summed E-state index contributed by atoms with van der Waals surface area (Å²) in [5.41, 5.74) is 0. The fourth-order valence-corrected chi connectivity index (χ4v) is 1.35. The molecule has 0 N–H and O–H groups in total. The molecule has 1 unspecified atom stereocenters. The van der Waals surface area contributed by atoms with Crippen molar-refractivity contribution in [3.8, 4) is 0 Å². The van der Waals surface area contributed by atoms with Crippen LogP contribution in [-0.4, -0.2) is 39.1 Å². The molecule has 0 bridgehead atoms. The van der Waals surface area contributed by atoms with E-state index in [0.29, 0.717) is 0 Å². The van der Waals surface area contributed by atoms with Gasteiger partial charge in [0.15, 0.2) is 0 Å². The zero-order valence-electron chi connectivity index (χ0n) is 8.63. The lowest BCUT2D eigenvalue weighted by Gasteiger charge is -2.23. The van der Waals surface area contributed by atoms with Gasteiger partial charge in [0.1, 0.15) is 6.61 Å². The summed E-state index contributed by atoms with van der Waals surface area (Å²) in [6.07, 6.45) is -10.2. The first-order valence-electron chi connectivity index (χ1n) is 3.93. The quantitative estimate of drug-likeness (QED) is 0.557. The molecule has 0 saturated heterocycles. The van der Waals surface area contributed by atoms with Gasteiger partial charge in [0.05, 0.1) is 0 Å². The fraction of sp³-hybridized carbons (Fsp3) is 1.00. The molecule has 0 rings (SSSR count). The Bertz CT molecular complexity index is 285. The van der Waals surface area contributed by atoms with Crippen LogP contribution in [-0.2, 0) is 18.1 Å². The Labute approximate surface area is 92.4 Å². The van der Waals surface area contributed by atoms with Crippen LogP contribution in [0.25, 0.3) is 0 Å². The molecule has 0 aliphatic carbocycles. The third-order valence-electron chi connectivity index (χ3n) is 1.52. The second-order valence-corrected chi connectivity index (χ2v) is 4.63. The number of rotatable bonds is 6. The molecular formula is C6H9F6O4P. The summed E-state index contributed by atoms with van der Waals surface area (Å²) in [4.78, 5) is 0. The molecule has 104 valence electrons. The molecule has 1 atom stereocenters. The zero-order valence-corrected chi connectivity index (χ0v) is 9.53. The Morgan fingerprint density at radius 1 is 1.12 bits per heavy atom. The number of halogens is 6. The van der Waals surface area contributed by atoms with Crippen LogP contribution >= 0.6 is 7.82 Å². The molecule has 0 aliphatic rings. The molecule has 0 saturated carbocycles. The normalized spacial score (nSPS) is 16.0. The molecule has 0 aromatic heterocycles. The van der Waals surface area contributed by atoms with Gasteiger partial charge in [0.25, 0.3) is 6.17 Å². The lowest BCUT2D eigenvalue weighted by atomic mass is 10.2. The lowest BCUT2D eigenvalue weighted by molar-refractivity contribution is -0.250.